The quantitative estimate of drug-likeness (QED) is 0.875. The lowest BCUT2D eigenvalue weighted by molar-refractivity contribution is -0.135. The van der Waals surface area contributed by atoms with E-state index in [0.29, 0.717) is 26.4 Å². The molecular weight excluding hydrogens is 324 g/mol. The molecule has 1 aromatic rings. The first-order valence-electron chi connectivity index (χ1n) is 6.61. The fourth-order valence-corrected chi connectivity index (χ4v) is 2.20. The van der Waals surface area contributed by atoms with E-state index in [1.165, 1.54) is 0 Å². The number of hydrogen-bond donors (Lipinski definition) is 1. The van der Waals surface area contributed by atoms with Crippen LogP contribution < -0.4 is 10.1 Å². The molecule has 1 aromatic carbocycles. The molecule has 0 aromatic heterocycles. The van der Waals surface area contributed by atoms with Crippen molar-refractivity contribution in [2.24, 2.45) is 0 Å². The van der Waals surface area contributed by atoms with Gasteiger partial charge in [-0.2, -0.15) is 0 Å². The van der Waals surface area contributed by atoms with Gasteiger partial charge in [0.1, 0.15) is 18.4 Å². The van der Waals surface area contributed by atoms with Gasteiger partial charge in [-0.1, -0.05) is 15.9 Å². The summed E-state index contributed by atoms with van der Waals surface area (Å²) in [5.74, 6) is 0.845. The molecule has 1 unspecified atom stereocenters. The van der Waals surface area contributed by atoms with Crippen LogP contribution in [0.1, 0.15) is 0 Å². The van der Waals surface area contributed by atoms with Crippen LogP contribution in [0.25, 0.3) is 0 Å². The number of benzene rings is 1. The molecule has 1 aliphatic heterocycles. The van der Waals surface area contributed by atoms with Crippen LogP contribution in [0.15, 0.2) is 28.7 Å². The van der Waals surface area contributed by atoms with E-state index < -0.39 is 0 Å². The standard InChI is InChI=1S/C14H19BrN2O3/c1-17(14(18)13-10-19-8-6-16-13)7-9-20-12-4-2-11(15)3-5-12/h2-5,13,16H,6-10H2,1H3. The summed E-state index contributed by atoms with van der Waals surface area (Å²) < 4.78 is 11.9. The van der Waals surface area contributed by atoms with Gasteiger partial charge >= 0.3 is 0 Å². The number of morpholine rings is 1. The highest BCUT2D eigenvalue weighted by Gasteiger charge is 2.23. The highest BCUT2D eigenvalue weighted by atomic mass is 79.9. The smallest absolute Gasteiger partial charge is 0.241 e. The van der Waals surface area contributed by atoms with Crippen LogP contribution in [0.3, 0.4) is 0 Å². The Balaban J connectivity index is 1.72. The number of nitrogens with one attached hydrogen (secondary N) is 1. The normalized spacial score (nSPS) is 18.6. The van der Waals surface area contributed by atoms with Gasteiger partial charge in [-0.25, -0.2) is 0 Å². The molecule has 2 rings (SSSR count). The lowest BCUT2D eigenvalue weighted by Crippen LogP contribution is -2.52. The molecular formula is C14H19BrN2O3. The summed E-state index contributed by atoms with van der Waals surface area (Å²) >= 11 is 3.37. The number of ether oxygens (including phenoxy) is 2. The van der Waals surface area contributed by atoms with Gasteiger partial charge in [0, 0.05) is 18.1 Å². The van der Waals surface area contributed by atoms with Crippen LogP contribution in [0, 0.1) is 0 Å². The van der Waals surface area contributed by atoms with Crippen molar-refractivity contribution in [1.82, 2.24) is 10.2 Å². The molecule has 110 valence electrons. The summed E-state index contributed by atoms with van der Waals surface area (Å²) in [4.78, 5) is 13.8. The maximum Gasteiger partial charge on any atom is 0.241 e. The topological polar surface area (TPSA) is 50.8 Å². The van der Waals surface area contributed by atoms with Crippen LogP contribution in [-0.4, -0.2) is 56.8 Å². The molecule has 0 spiro atoms. The first kappa shape index (κ1) is 15.3. The van der Waals surface area contributed by atoms with Gasteiger partial charge in [0.25, 0.3) is 0 Å². The second kappa shape index (κ2) is 7.61. The number of amides is 1. The lowest BCUT2D eigenvalue weighted by atomic mass is 10.2. The van der Waals surface area contributed by atoms with Crippen molar-refractivity contribution in [1.29, 1.82) is 0 Å². The maximum atomic E-state index is 12.1. The van der Waals surface area contributed by atoms with E-state index in [2.05, 4.69) is 21.2 Å². The number of carbonyl (C=O) groups excluding carboxylic acids is 1. The van der Waals surface area contributed by atoms with Crippen molar-refractivity contribution in [2.75, 3.05) is 40.0 Å². The molecule has 0 bridgehead atoms. The molecule has 0 saturated carbocycles. The van der Waals surface area contributed by atoms with Gasteiger partial charge in [-0.15, -0.1) is 0 Å². The molecule has 0 aliphatic carbocycles. The summed E-state index contributed by atoms with van der Waals surface area (Å²) in [6, 6.07) is 7.40. The molecule has 1 N–H and O–H groups in total. The van der Waals surface area contributed by atoms with E-state index >= 15 is 0 Å². The van der Waals surface area contributed by atoms with Crippen molar-refractivity contribution < 1.29 is 14.3 Å². The number of halogens is 1. The Morgan fingerprint density at radius 2 is 2.25 bits per heavy atom. The second-order valence-corrected chi connectivity index (χ2v) is 5.56. The minimum Gasteiger partial charge on any atom is -0.492 e. The SMILES string of the molecule is CN(CCOc1ccc(Br)cc1)C(=O)C1COCCN1. The van der Waals surface area contributed by atoms with E-state index in [1.807, 2.05) is 24.3 Å². The van der Waals surface area contributed by atoms with Crippen LogP contribution in [0.2, 0.25) is 0 Å². The molecule has 0 radical (unpaired) electrons. The van der Waals surface area contributed by atoms with Gasteiger partial charge in [0.05, 0.1) is 19.8 Å². The van der Waals surface area contributed by atoms with Gasteiger partial charge in [-0.05, 0) is 24.3 Å². The zero-order valence-electron chi connectivity index (χ0n) is 11.5. The largest absolute Gasteiger partial charge is 0.492 e. The zero-order valence-corrected chi connectivity index (χ0v) is 13.1. The van der Waals surface area contributed by atoms with Gasteiger partial charge in [-0.3, -0.25) is 4.79 Å². The molecule has 1 heterocycles. The maximum absolute atomic E-state index is 12.1. The van der Waals surface area contributed by atoms with E-state index in [4.69, 9.17) is 9.47 Å². The first-order chi connectivity index (χ1) is 9.66. The van der Waals surface area contributed by atoms with E-state index in [1.54, 1.807) is 11.9 Å². The van der Waals surface area contributed by atoms with Gasteiger partial charge in [0.15, 0.2) is 0 Å². The Kier molecular flexibility index (Phi) is 5.82. The van der Waals surface area contributed by atoms with Crippen molar-refractivity contribution in [3.05, 3.63) is 28.7 Å². The summed E-state index contributed by atoms with van der Waals surface area (Å²) in [6.45, 7) is 2.85. The second-order valence-electron chi connectivity index (χ2n) is 4.64. The van der Waals surface area contributed by atoms with E-state index in [9.17, 15) is 4.79 Å². The summed E-state index contributed by atoms with van der Waals surface area (Å²) in [5, 5.41) is 3.15. The number of hydrogen-bond acceptors (Lipinski definition) is 4. The highest BCUT2D eigenvalue weighted by molar-refractivity contribution is 9.10. The monoisotopic (exact) mass is 342 g/mol. The fourth-order valence-electron chi connectivity index (χ4n) is 1.93. The Morgan fingerprint density at radius 3 is 2.90 bits per heavy atom. The highest BCUT2D eigenvalue weighted by Crippen LogP contribution is 2.15. The summed E-state index contributed by atoms with van der Waals surface area (Å²) in [5.41, 5.74) is 0. The number of nitrogens with zero attached hydrogens (tertiary/aromatic N) is 1. The molecule has 6 heteroatoms. The molecule has 1 fully saturated rings. The third-order valence-electron chi connectivity index (χ3n) is 3.11. The fraction of sp³-hybridized carbons (Fsp3) is 0.500. The number of carbonyl (C=O) groups is 1. The Morgan fingerprint density at radius 1 is 1.50 bits per heavy atom. The average Bonchev–Trinajstić information content (AvgIpc) is 2.49. The average molecular weight is 343 g/mol. The van der Waals surface area contributed by atoms with Crippen LogP contribution >= 0.6 is 15.9 Å². The molecule has 1 aliphatic rings. The minimum atomic E-state index is -0.235. The third-order valence-corrected chi connectivity index (χ3v) is 3.63. The Labute approximate surface area is 127 Å². The van der Waals surface area contributed by atoms with E-state index in [0.717, 1.165) is 16.8 Å². The van der Waals surface area contributed by atoms with Crippen molar-refractivity contribution in [3.8, 4) is 5.75 Å². The minimum absolute atomic E-state index is 0.0455. The summed E-state index contributed by atoms with van der Waals surface area (Å²) in [6.07, 6.45) is 0. The predicted molar refractivity (Wildman–Crippen MR) is 79.9 cm³/mol. The Bertz CT molecular complexity index is 433. The van der Waals surface area contributed by atoms with Crippen LogP contribution in [0.5, 0.6) is 5.75 Å². The molecule has 1 amide bonds. The van der Waals surface area contributed by atoms with Crippen molar-refractivity contribution in [3.63, 3.8) is 0 Å². The van der Waals surface area contributed by atoms with E-state index in [-0.39, 0.29) is 11.9 Å². The Hall–Kier alpha value is -1.11. The molecule has 5 nitrogen and oxygen atoms in total. The lowest BCUT2D eigenvalue weighted by Gasteiger charge is -2.27. The van der Waals surface area contributed by atoms with Crippen molar-refractivity contribution in [2.45, 2.75) is 6.04 Å². The first-order valence-corrected chi connectivity index (χ1v) is 7.40. The molecule has 20 heavy (non-hydrogen) atoms. The predicted octanol–water partition coefficient (Wildman–Crippen LogP) is 1.27. The molecule has 1 atom stereocenters. The third kappa shape index (κ3) is 4.47. The van der Waals surface area contributed by atoms with Crippen molar-refractivity contribution >= 4 is 21.8 Å². The summed E-state index contributed by atoms with van der Waals surface area (Å²) in [7, 11) is 1.78. The van der Waals surface area contributed by atoms with Gasteiger partial charge in [0.2, 0.25) is 5.91 Å². The van der Waals surface area contributed by atoms with Crippen LogP contribution in [0.4, 0.5) is 0 Å². The molecule has 1 saturated heterocycles. The van der Waals surface area contributed by atoms with Gasteiger partial charge < -0.3 is 19.7 Å². The number of rotatable bonds is 5. The number of likely N-dealkylation sites (N-methyl/N-ethyl adjacent to an activating group) is 1. The zero-order chi connectivity index (χ0) is 14.4. The van der Waals surface area contributed by atoms with Crippen LogP contribution in [-0.2, 0) is 9.53 Å².